The Balaban J connectivity index is 1.66. The van der Waals surface area contributed by atoms with Crippen molar-refractivity contribution < 1.29 is 18.7 Å². The van der Waals surface area contributed by atoms with Gasteiger partial charge in [-0.2, -0.15) is 11.8 Å². The number of ether oxygens (including phenoxy) is 1. The van der Waals surface area contributed by atoms with Gasteiger partial charge < -0.3 is 20.3 Å². The lowest BCUT2D eigenvalue weighted by molar-refractivity contribution is -0.128. The number of rotatable bonds is 5. The van der Waals surface area contributed by atoms with E-state index in [9.17, 15) is 14.0 Å². The predicted molar refractivity (Wildman–Crippen MR) is 100 cm³/mol. The average Bonchev–Trinajstić information content (AvgIpc) is 3.03. The number of anilines is 2. The van der Waals surface area contributed by atoms with Gasteiger partial charge in [0.25, 0.3) is 0 Å². The number of hydrogen-bond donors (Lipinski definition) is 1. The van der Waals surface area contributed by atoms with Crippen LogP contribution in [0.3, 0.4) is 0 Å². The monoisotopic (exact) mass is 382 g/mol. The van der Waals surface area contributed by atoms with Crippen molar-refractivity contribution in [1.29, 1.82) is 0 Å². The number of amides is 2. The lowest BCUT2D eigenvalue weighted by Crippen LogP contribution is -2.49. The summed E-state index contributed by atoms with van der Waals surface area (Å²) in [6.07, 6.45) is 1.03. The number of hydrogen-bond acceptors (Lipinski definition) is 6. The Morgan fingerprint density at radius 3 is 2.65 bits per heavy atom. The highest BCUT2D eigenvalue weighted by molar-refractivity contribution is 7.99. The van der Waals surface area contributed by atoms with Gasteiger partial charge in [-0.25, -0.2) is 9.18 Å². The molecular weight excluding hydrogens is 359 g/mol. The van der Waals surface area contributed by atoms with E-state index < -0.39 is 11.9 Å². The van der Waals surface area contributed by atoms with Crippen LogP contribution >= 0.6 is 11.8 Å². The van der Waals surface area contributed by atoms with Gasteiger partial charge in [-0.3, -0.25) is 9.69 Å². The van der Waals surface area contributed by atoms with Crippen LogP contribution in [0, 0.1) is 5.82 Å². The molecular formula is C17H23FN4O3S. The molecule has 2 aliphatic rings. The summed E-state index contributed by atoms with van der Waals surface area (Å²) >= 11 is 1.50. The third-order valence-corrected chi connectivity index (χ3v) is 5.16. The first-order chi connectivity index (χ1) is 12.5. The number of benzene rings is 1. The molecule has 1 aromatic rings. The van der Waals surface area contributed by atoms with Gasteiger partial charge in [0, 0.05) is 32.7 Å². The summed E-state index contributed by atoms with van der Waals surface area (Å²) < 4.78 is 19.7. The van der Waals surface area contributed by atoms with Crippen LogP contribution in [0.5, 0.6) is 0 Å². The lowest BCUT2D eigenvalue weighted by Gasteiger charge is -2.36. The zero-order valence-electron chi connectivity index (χ0n) is 14.7. The van der Waals surface area contributed by atoms with E-state index >= 15 is 0 Å². The number of carbonyl (C=O) groups is 2. The van der Waals surface area contributed by atoms with E-state index in [-0.39, 0.29) is 18.6 Å². The molecule has 2 heterocycles. The number of carbonyl (C=O) groups excluding carboxylic acids is 2. The molecule has 142 valence electrons. The van der Waals surface area contributed by atoms with E-state index in [1.54, 1.807) is 12.1 Å². The maximum absolute atomic E-state index is 14.6. The molecule has 0 saturated carbocycles. The molecule has 0 radical (unpaired) electrons. The van der Waals surface area contributed by atoms with Gasteiger partial charge in [-0.05, 0) is 24.5 Å². The second kappa shape index (κ2) is 8.13. The van der Waals surface area contributed by atoms with Crippen molar-refractivity contribution in [2.75, 3.05) is 61.1 Å². The van der Waals surface area contributed by atoms with Gasteiger partial charge in [-0.1, -0.05) is 0 Å². The third kappa shape index (κ3) is 3.88. The fourth-order valence-electron chi connectivity index (χ4n) is 3.19. The van der Waals surface area contributed by atoms with E-state index in [0.717, 1.165) is 0 Å². The summed E-state index contributed by atoms with van der Waals surface area (Å²) in [5, 5.41) is 0. The molecule has 2 amide bonds. The summed E-state index contributed by atoms with van der Waals surface area (Å²) in [6.45, 7) is 2.88. The van der Waals surface area contributed by atoms with E-state index in [1.807, 2.05) is 16.1 Å². The number of cyclic esters (lactones) is 1. The summed E-state index contributed by atoms with van der Waals surface area (Å²) in [5.41, 5.74) is 6.46. The Morgan fingerprint density at radius 1 is 1.35 bits per heavy atom. The Hall–Kier alpha value is -2.00. The van der Waals surface area contributed by atoms with E-state index in [1.165, 1.54) is 22.7 Å². The van der Waals surface area contributed by atoms with Crippen LogP contribution in [0.25, 0.3) is 0 Å². The molecule has 0 bridgehead atoms. The molecule has 26 heavy (non-hydrogen) atoms. The predicted octanol–water partition coefficient (Wildman–Crippen LogP) is 1.12. The first kappa shape index (κ1) is 18.8. The molecule has 2 aliphatic heterocycles. The minimum absolute atomic E-state index is 0.120. The molecule has 0 aromatic heterocycles. The number of nitrogens with zero attached hydrogens (tertiary/aromatic N) is 3. The summed E-state index contributed by atoms with van der Waals surface area (Å²) in [6, 6.07) is 4.73. The normalized spacial score (nSPS) is 20.5. The Kier molecular flexibility index (Phi) is 5.87. The van der Waals surface area contributed by atoms with E-state index in [2.05, 4.69) is 0 Å². The molecule has 1 aromatic carbocycles. The molecule has 0 spiro atoms. The maximum Gasteiger partial charge on any atom is 0.414 e. The highest BCUT2D eigenvalue weighted by Crippen LogP contribution is 2.28. The van der Waals surface area contributed by atoms with Crippen LogP contribution in [0.4, 0.5) is 20.6 Å². The number of thioether (sulfide) groups is 1. The molecule has 1 atom stereocenters. The van der Waals surface area contributed by atoms with E-state index in [4.69, 9.17) is 10.5 Å². The van der Waals surface area contributed by atoms with Crippen molar-refractivity contribution in [3.63, 3.8) is 0 Å². The third-order valence-electron chi connectivity index (χ3n) is 4.62. The quantitative estimate of drug-likeness (QED) is 0.822. The molecule has 2 saturated heterocycles. The summed E-state index contributed by atoms with van der Waals surface area (Å²) in [5.74, 6) is 0.198. The van der Waals surface area contributed by atoms with Crippen molar-refractivity contribution in [1.82, 2.24) is 4.90 Å². The number of halogens is 1. The Morgan fingerprint density at radius 2 is 2.08 bits per heavy atom. The Bertz CT molecular complexity index is 682. The fourth-order valence-corrected chi connectivity index (χ4v) is 3.62. The topological polar surface area (TPSA) is 79.1 Å². The Labute approximate surface area is 156 Å². The van der Waals surface area contributed by atoms with Crippen LogP contribution < -0.4 is 15.5 Å². The summed E-state index contributed by atoms with van der Waals surface area (Å²) in [4.78, 5) is 28.9. The zero-order chi connectivity index (χ0) is 18.7. The molecule has 2 N–H and O–H groups in total. The first-order valence-corrected chi connectivity index (χ1v) is 9.92. The zero-order valence-corrected chi connectivity index (χ0v) is 15.5. The molecule has 0 aliphatic carbocycles. The molecule has 7 nitrogen and oxygen atoms in total. The van der Waals surface area contributed by atoms with Crippen molar-refractivity contribution in [3.05, 3.63) is 24.0 Å². The molecule has 3 rings (SSSR count). The minimum Gasteiger partial charge on any atom is -0.443 e. The van der Waals surface area contributed by atoms with Gasteiger partial charge >= 0.3 is 6.09 Å². The largest absolute Gasteiger partial charge is 0.443 e. The van der Waals surface area contributed by atoms with Crippen LogP contribution in [0.1, 0.15) is 0 Å². The smallest absolute Gasteiger partial charge is 0.414 e. The minimum atomic E-state index is -0.506. The molecule has 2 fully saturated rings. The van der Waals surface area contributed by atoms with Gasteiger partial charge in [0.15, 0.2) is 0 Å². The molecule has 1 unspecified atom stereocenters. The maximum atomic E-state index is 14.6. The van der Waals surface area contributed by atoms with Gasteiger partial charge in [0.2, 0.25) is 5.91 Å². The second-order valence-corrected chi connectivity index (χ2v) is 7.15. The first-order valence-electron chi connectivity index (χ1n) is 8.53. The summed E-state index contributed by atoms with van der Waals surface area (Å²) in [7, 11) is 0. The number of piperazine rings is 1. The van der Waals surface area contributed by atoms with Crippen LogP contribution in [0.2, 0.25) is 0 Å². The van der Waals surface area contributed by atoms with Gasteiger partial charge in [-0.15, -0.1) is 0 Å². The van der Waals surface area contributed by atoms with E-state index in [0.29, 0.717) is 49.9 Å². The van der Waals surface area contributed by atoms with Gasteiger partial charge in [0.05, 0.1) is 23.7 Å². The van der Waals surface area contributed by atoms with Crippen molar-refractivity contribution in [2.24, 2.45) is 5.73 Å². The lowest BCUT2D eigenvalue weighted by atomic mass is 10.2. The fraction of sp³-hybridized carbons (Fsp3) is 0.529. The highest BCUT2D eigenvalue weighted by atomic mass is 32.2. The van der Waals surface area contributed by atoms with Crippen LogP contribution in [0.15, 0.2) is 18.2 Å². The number of nitrogens with two attached hydrogens (primary N) is 1. The standard InChI is InChI=1S/C17H23FN4O3S/c1-26-11-16(23)21-6-4-20(5-7-21)15-3-2-12(8-14(15)18)22-10-13(9-19)25-17(22)24/h2-3,8,13H,4-7,9-11,19H2,1H3. The SMILES string of the molecule is CSCC(=O)N1CCN(c2ccc(N3CC(CN)OC3=O)cc2F)CC1. The van der Waals surface area contributed by atoms with Gasteiger partial charge in [0.1, 0.15) is 11.9 Å². The highest BCUT2D eigenvalue weighted by Gasteiger charge is 2.32. The van der Waals surface area contributed by atoms with Crippen LogP contribution in [-0.4, -0.2) is 74.3 Å². The average molecular weight is 382 g/mol. The molecule has 9 heteroatoms. The van der Waals surface area contributed by atoms with Crippen molar-refractivity contribution in [3.8, 4) is 0 Å². The second-order valence-electron chi connectivity index (χ2n) is 6.29. The van der Waals surface area contributed by atoms with Crippen molar-refractivity contribution in [2.45, 2.75) is 6.10 Å². The van der Waals surface area contributed by atoms with Crippen LogP contribution in [-0.2, 0) is 9.53 Å². The van der Waals surface area contributed by atoms with Crippen molar-refractivity contribution >= 4 is 35.1 Å².